The Hall–Kier alpha value is -4.30. The Morgan fingerprint density at radius 3 is 2.31 bits per heavy atom. The van der Waals surface area contributed by atoms with Gasteiger partial charge in [0.2, 0.25) is 11.8 Å². The molecule has 0 aliphatic heterocycles. The number of hydrogen-bond donors (Lipinski definition) is 2. The first kappa shape index (κ1) is 26.9. The van der Waals surface area contributed by atoms with E-state index in [4.69, 9.17) is 11.2 Å². The first-order valence-corrected chi connectivity index (χ1v) is 11.1. The fourth-order valence-electron chi connectivity index (χ4n) is 3.37. The van der Waals surface area contributed by atoms with Gasteiger partial charge < -0.3 is 20.3 Å². The number of nitrogens with zero attached hydrogens (tertiary/aromatic N) is 2. The van der Waals surface area contributed by atoms with Crippen LogP contribution in [0.25, 0.3) is 0 Å². The second-order valence-electron chi connectivity index (χ2n) is 8.83. The number of rotatable bonds is 8. The van der Waals surface area contributed by atoms with E-state index in [0.29, 0.717) is 11.1 Å². The molecule has 2 rings (SSSR count). The van der Waals surface area contributed by atoms with E-state index in [-0.39, 0.29) is 6.54 Å². The summed E-state index contributed by atoms with van der Waals surface area (Å²) in [5.41, 5.74) is 0.914. The molecule has 0 radical (unpaired) electrons. The van der Waals surface area contributed by atoms with Gasteiger partial charge in [-0.3, -0.25) is 9.59 Å². The van der Waals surface area contributed by atoms with Gasteiger partial charge in [0.1, 0.15) is 24.2 Å². The highest BCUT2D eigenvalue weighted by Crippen LogP contribution is 2.25. The Morgan fingerprint density at radius 2 is 1.71 bits per heavy atom. The van der Waals surface area contributed by atoms with Crippen LogP contribution in [-0.4, -0.2) is 41.0 Å². The summed E-state index contributed by atoms with van der Waals surface area (Å²) < 4.78 is 5.22. The predicted octanol–water partition coefficient (Wildman–Crippen LogP) is 3.29. The van der Waals surface area contributed by atoms with Gasteiger partial charge in [-0.15, -0.1) is 6.42 Å². The van der Waals surface area contributed by atoms with Crippen molar-refractivity contribution in [2.75, 3.05) is 6.54 Å². The van der Waals surface area contributed by atoms with Crippen LogP contribution in [-0.2, 0) is 20.9 Å². The number of terminal acetylenes is 1. The van der Waals surface area contributed by atoms with Crippen LogP contribution in [0.4, 0.5) is 4.79 Å². The molecule has 0 spiro atoms. The van der Waals surface area contributed by atoms with Crippen LogP contribution >= 0.6 is 0 Å². The number of amides is 3. The van der Waals surface area contributed by atoms with Crippen molar-refractivity contribution in [1.82, 2.24) is 15.5 Å². The fourth-order valence-corrected chi connectivity index (χ4v) is 3.37. The number of nitrogens with one attached hydrogen (secondary N) is 2. The summed E-state index contributed by atoms with van der Waals surface area (Å²) in [4.78, 5) is 40.2. The second kappa shape index (κ2) is 12.2. The Bertz CT molecular complexity index is 1130. The van der Waals surface area contributed by atoms with E-state index in [1.807, 2.05) is 36.4 Å². The highest BCUT2D eigenvalue weighted by atomic mass is 16.6. The Morgan fingerprint density at radius 1 is 1.09 bits per heavy atom. The van der Waals surface area contributed by atoms with Gasteiger partial charge in [-0.25, -0.2) is 4.79 Å². The summed E-state index contributed by atoms with van der Waals surface area (Å²) in [6.07, 6.45) is 4.88. The van der Waals surface area contributed by atoms with E-state index < -0.39 is 42.1 Å². The Labute approximate surface area is 206 Å². The number of ether oxygens (including phenoxy) is 1. The molecule has 0 aliphatic carbocycles. The van der Waals surface area contributed by atoms with Gasteiger partial charge in [0.15, 0.2) is 0 Å². The van der Waals surface area contributed by atoms with E-state index >= 15 is 0 Å². The largest absolute Gasteiger partial charge is 0.444 e. The van der Waals surface area contributed by atoms with E-state index in [2.05, 4.69) is 16.6 Å². The molecule has 8 nitrogen and oxygen atoms in total. The summed E-state index contributed by atoms with van der Waals surface area (Å²) in [7, 11) is 0. The molecule has 8 heteroatoms. The molecular weight excluding hydrogens is 444 g/mol. The number of alkyl carbamates (subject to hydrolysis) is 1. The lowest BCUT2D eigenvalue weighted by atomic mass is 9.97. The molecule has 0 fully saturated rings. The molecule has 182 valence electrons. The molecule has 2 N–H and O–H groups in total. The van der Waals surface area contributed by atoms with Crippen molar-refractivity contribution < 1.29 is 19.1 Å². The highest BCUT2D eigenvalue weighted by molar-refractivity contribution is 5.92. The maximum absolute atomic E-state index is 13.4. The third kappa shape index (κ3) is 7.90. The molecule has 0 saturated carbocycles. The number of nitriles is 1. The summed E-state index contributed by atoms with van der Waals surface area (Å²) in [6.45, 7) is 6.37. The molecule has 2 atom stereocenters. The average Bonchev–Trinajstić information content (AvgIpc) is 2.81. The monoisotopic (exact) mass is 474 g/mol. The number of carbonyl (C=O) groups is 3. The van der Waals surface area contributed by atoms with Crippen molar-refractivity contribution in [1.29, 1.82) is 5.26 Å². The van der Waals surface area contributed by atoms with Crippen LogP contribution in [0, 0.1) is 23.7 Å². The van der Waals surface area contributed by atoms with Crippen molar-refractivity contribution in [3.05, 3.63) is 71.3 Å². The smallest absolute Gasteiger partial charge is 0.408 e. The normalized spacial score (nSPS) is 12.3. The molecule has 3 amide bonds. The van der Waals surface area contributed by atoms with E-state index in [0.717, 1.165) is 10.5 Å². The molecule has 2 aromatic carbocycles. The highest BCUT2D eigenvalue weighted by Gasteiger charge is 2.35. The lowest BCUT2D eigenvalue weighted by Gasteiger charge is -2.32. The minimum Gasteiger partial charge on any atom is -0.444 e. The molecule has 2 unspecified atom stereocenters. The fraction of sp³-hybridized carbons (Fsp3) is 0.333. The van der Waals surface area contributed by atoms with Crippen LogP contribution in [0.15, 0.2) is 54.6 Å². The Kier molecular flexibility index (Phi) is 9.43. The maximum atomic E-state index is 13.4. The summed E-state index contributed by atoms with van der Waals surface area (Å²) >= 11 is 0. The third-order valence-corrected chi connectivity index (χ3v) is 4.91. The van der Waals surface area contributed by atoms with Crippen molar-refractivity contribution in [2.24, 2.45) is 0 Å². The van der Waals surface area contributed by atoms with Gasteiger partial charge in [0, 0.05) is 12.1 Å². The van der Waals surface area contributed by atoms with Crippen LogP contribution in [0.5, 0.6) is 0 Å². The predicted molar refractivity (Wildman–Crippen MR) is 132 cm³/mol. The van der Waals surface area contributed by atoms with Crippen LogP contribution in [0.2, 0.25) is 0 Å². The van der Waals surface area contributed by atoms with Crippen LogP contribution in [0.3, 0.4) is 0 Å². The first-order valence-electron chi connectivity index (χ1n) is 11.1. The van der Waals surface area contributed by atoms with Gasteiger partial charge in [-0.2, -0.15) is 5.26 Å². The molecule has 0 heterocycles. The van der Waals surface area contributed by atoms with E-state index in [1.165, 1.54) is 6.92 Å². The zero-order valence-electron chi connectivity index (χ0n) is 20.4. The zero-order valence-corrected chi connectivity index (χ0v) is 20.4. The lowest BCUT2D eigenvalue weighted by molar-refractivity contribution is -0.141. The van der Waals surface area contributed by atoms with E-state index in [9.17, 15) is 19.6 Å². The van der Waals surface area contributed by atoms with Gasteiger partial charge in [0.25, 0.3) is 0 Å². The molecule has 0 saturated heterocycles. The van der Waals surface area contributed by atoms with Gasteiger partial charge in [0.05, 0.1) is 6.07 Å². The molecule has 0 aromatic heterocycles. The number of hydrogen-bond acceptors (Lipinski definition) is 5. The van der Waals surface area contributed by atoms with Gasteiger partial charge in [-0.1, -0.05) is 54.5 Å². The third-order valence-electron chi connectivity index (χ3n) is 4.91. The quantitative estimate of drug-likeness (QED) is 0.450. The summed E-state index contributed by atoms with van der Waals surface area (Å²) in [5, 5.41) is 14.8. The molecular formula is C27H30N4O4. The standard InChI is InChI=1S/C27H30N4O4/c1-6-21-14-10-11-15-22(21)23(24(32)29-18-20-12-8-7-9-13-20)31(17-16-28)25(33)19(2)30-26(34)35-27(3,4)5/h1,7-15,19,23H,17-18H2,2-5H3,(H,29,32)(H,30,34). The van der Waals surface area contributed by atoms with E-state index in [1.54, 1.807) is 45.0 Å². The number of carbonyl (C=O) groups excluding carboxylic acids is 3. The van der Waals surface area contributed by atoms with Gasteiger partial charge in [-0.05, 0) is 44.9 Å². The van der Waals surface area contributed by atoms with Crippen molar-refractivity contribution in [3.8, 4) is 18.4 Å². The zero-order chi connectivity index (χ0) is 26.0. The molecule has 0 bridgehead atoms. The topological polar surface area (TPSA) is 112 Å². The van der Waals surface area contributed by atoms with Crippen molar-refractivity contribution in [3.63, 3.8) is 0 Å². The average molecular weight is 475 g/mol. The lowest BCUT2D eigenvalue weighted by Crippen LogP contribution is -2.52. The number of benzene rings is 2. The van der Waals surface area contributed by atoms with Crippen molar-refractivity contribution in [2.45, 2.75) is 51.9 Å². The van der Waals surface area contributed by atoms with Crippen molar-refractivity contribution >= 4 is 17.9 Å². The van der Waals surface area contributed by atoms with Crippen LogP contribution in [0.1, 0.15) is 50.4 Å². The Balaban J connectivity index is 2.39. The van der Waals surface area contributed by atoms with Crippen LogP contribution < -0.4 is 10.6 Å². The second-order valence-corrected chi connectivity index (χ2v) is 8.83. The maximum Gasteiger partial charge on any atom is 0.408 e. The first-order chi connectivity index (χ1) is 16.6. The molecule has 0 aliphatic rings. The SMILES string of the molecule is C#Cc1ccccc1C(C(=O)NCc1ccccc1)N(CC#N)C(=O)C(C)NC(=O)OC(C)(C)C. The van der Waals surface area contributed by atoms with Gasteiger partial charge >= 0.3 is 6.09 Å². The molecule has 35 heavy (non-hydrogen) atoms. The summed E-state index contributed by atoms with van der Waals surface area (Å²) in [6, 6.07) is 15.7. The minimum absolute atomic E-state index is 0.217. The molecule has 2 aromatic rings. The minimum atomic E-state index is -1.19. The summed E-state index contributed by atoms with van der Waals surface area (Å²) in [5.74, 6) is 1.39.